The van der Waals surface area contributed by atoms with Gasteiger partial charge in [0, 0.05) is 23.4 Å². The van der Waals surface area contributed by atoms with E-state index in [2.05, 4.69) is 5.32 Å². The lowest BCUT2D eigenvalue weighted by atomic mass is 9.83. The minimum atomic E-state index is -0.888. The van der Waals surface area contributed by atoms with E-state index in [4.69, 9.17) is 0 Å². The number of carbonyl (C=O) groups excluding carboxylic acids is 2. The zero-order valence-corrected chi connectivity index (χ0v) is 13.7. The zero-order valence-electron chi connectivity index (χ0n) is 13.7. The topological polar surface area (TPSA) is 89.3 Å². The van der Waals surface area contributed by atoms with Crippen LogP contribution in [0.5, 0.6) is 0 Å². The van der Waals surface area contributed by atoms with Gasteiger partial charge in [0.2, 0.25) is 5.91 Å². The van der Waals surface area contributed by atoms with Crippen molar-refractivity contribution in [3.05, 3.63) is 69.8 Å². The fourth-order valence-electron chi connectivity index (χ4n) is 2.23. The largest absolute Gasteiger partial charge is 0.325 e. The quantitative estimate of drug-likeness (QED) is 0.515. The molecule has 0 aliphatic heterocycles. The Kier molecular flexibility index (Phi) is 4.78. The van der Waals surface area contributed by atoms with Crippen LogP contribution in [0.15, 0.2) is 48.5 Å². The van der Waals surface area contributed by atoms with Gasteiger partial charge in [0.15, 0.2) is 5.78 Å². The third-order valence-corrected chi connectivity index (χ3v) is 3.89. The molecule has 1 N–H and O–H groups in total. The number of nitro groups is 1. The first-order valence-corrected chi connectivity index (χ1v) is 7.39. The number of anilines is 1. The van der Waals surface area contributed by atoms with Crippen LogP contribution in [-0.4, -0.2) is 16.6 Å². The second-order valence-corrected chi connectivity index (χ2v) is 6.02. The molecule has 0 saturated heterocycles. The highest BCUT2D eigenvalue weighted by atomic mass is 16.6. The summed E-state index contributed by atoms with van der Waals surface area (Å²) in [6.07, 6.45) is 0. The van der Waals surface area contributed by atoms with Gasteiger partial charge in [0.05, 0.1) is 10.3 Å². The Morgan fingerprint density at radius 3 is 2.25 bits per heavy atom. The van der Waals surface area contributed by atoms with Crippen LogP contribution in [0.3, 0.4) is 0 Å². The lowest BCUT2D eigenvalue weighted by Crippen LogP contribution is -2.34. The van der Waals surface area contributed by atoms with Gasteiger partial charge >= 0.3 is 0 Å². The smallest absolute Gasteiger partial charge is 0.269 e. The molecule has 6 heteroatoms. The van der Waals surface area contributed by atoms with Crippen LogP contribution in [0.2, 0.25) is 0 Å². The standard InChI is InChI=1S/C18H18N2O4/c1-12(21)13-5-4-6-15(11-13)19-17(22)18(2,3)14-7-9-16(10-8-14)20(23)24/h4-11H,1-3H3,(H,19,22). The summed E-state index contributed by atoms with van der Waals surface area (Å²) in [4.78, 5) is 34.3. The van der Waals surface area contributed by atoms with E-state index in [1.807, 2.05) is 0 Å². The zero-order chi connectivity index (χ0) is 17.9. The highest BCUT2D eigenvalue weighted by Crippen LogP contribution is 2.27. The van der Waals surface area contributed by atoms with E-state index in [1.165, 1.54) is 19.1 Å². The fraction of sp³-hybridized carbons (Fsp3) is 0.222. The van der Waals surface area contributed by atoms with Crippen LogP contribution in [0, 0.1) is 10.1 Å². The molecule has 0 radical (unpaired) electrons. The third kappa shape index (κ3) is 3.65. The Hall–Kier alpha value is -3.02. The van der Waals surface area contributed by atoms with Crippen LogP contribution in [0.25, 0.3) is 0 Å². The van der Waals surface area contributed by atoms with Crippen molar-refractivity contribution in [3.63, 3.8) is 0 Å². The lowest BCUT2D eigenvalue weighted by molar-refractivity contribution is -0.384. The van der Waals surface area contributed by atoms with Crippen LogP contribution >= 0.6 is 0 Å². The maximum absolute atomic E-state index is 12.6. The molecule has 0 saturated carbocycles. The number of nitrogens with one attached hydrogen (secondary N) is 1. The van der Waals surface area contributed by atoms with Gasteiger partial charge < -0.3 is 5.32 Å². The first-order valence-electron chi connectivity index (χ1n) is 7.39. The molecule has 1 amide bonds. The van der Waals surface area contributed by atoms with Gasteiger partial charge in [-0.3, -0.25) is 19.7 Å². The summed E-state index contributed by atoms with van der Waals surface area (Å²) in [7, 11) is 0. The molecule has 0 atom stereocenters. The SMILES string of the molecule is CC(=O)c1cccc(NC(=O)C(C)(C)c2ccc([N+](=O)[O-])cc2)c1. The molecule has 24 heavy (non-hydrogen) atoms. The van der Waals surface area contributed by atoms with E-state index in [1.54, 1.807) is 50.2 Å². The summed E-state index contributed by atoms with van der Waals surface area (Å²) in [5, 5.41) is 13.5. The van der Waals surface area contributed by atoms with Gasteiger partial charge in [0.1, 0.15) is 0 Å². The van der Waals surface area contributed by atoms with Crippen molar-refractivity contribution in [2.75, 3.05) is 5.32 Å². The fourth-order valence-corrected chi connectivity index (χ4v) is 2.23. The summed E-state index contributed by atoms with van der Waals surface area (Å²) in [6, 6.07) is 12.6. The highest BCUT2D eigenvalue weighted by molar-refractivity contribution is 6.00. The number of non-ortho nitro benzene ring substituents is 1. The van der Waals surface area contributed by atoms with Gasteiger partial charge in [-0.05, 0) is 38.5 Å². The monoisotopic (exact) mass is 326 g/mol. The van der Waals surface area contributed by atoms with E-state index in [0.29, 0.717) is 16.8 Å². The number of Topliss-reactive ketones (excluding diaryl/α,β-unsaturated/α-hetero) is 1. The second kappa shape index (κ2) is 6.62. The maximum atomic E-state index is 12.6. The molecular weight excluding hydrogens is 308 g/mol. The Morgan fingerprint density at radius 2 is 1.71 bits per heavy atom. The molecule has 2 aromatic rings. The van der Waals surface area contributed by atoms with Gasteiger partial charge in [-0.2, -0.15) is 0 Å². The van der Waals surface area contributed by atoms with E-state index in [-0.39, 0.29) is 17.4 Å². The van der Waals surface area contributed by atoms with Crippen molar-refractivity contribution in [1.29, 1.82) is 0 Å². The number of hydrogen-bond acceptors (Lipinski definition) is 4. The third-order valence-electron chi connectivity index (χ3n) is 3.89. The number of nitro benzene ring substituents is 1. The Morgan fingerprint density at radius 1 is 1.08 bits per heavy atom. The molecule has 0 aliphatic carbocycles. The average Bonchev–Trinajstić information content (AvgIpc) is 2.55. The molecule has 0 fully saturated rings. The predicted octanol–water partition coefficient (Wildman–Crippen LogP) is 3.71. The van der Waals surface area contributed by atoms with Crippen molar-refractivity contribution in [2.24, 2.45) is 0 Å². The van der Waals surface area contributed by atoms with Crippen molar-refractivity contribution in [1.82, 2.24) is 0 Å². The van der Waals surface area contributed by atoms with Gasteiger partial charge in [-0.1, -0.05) is 24.3 Å². The van der Waals surface area contributed by atoms with Crippen LogP contribution < -0.4 is 5.32 Å². The summed E-state index contributed by atoms with van der Waals surface area (Å²) >= 11 is 0. The minimum absolute atomic E-state index is 0.0240. The maximum Gasteiger partial charge on any atom is 0.269 e. The molecule has 0 bridgehead atoms. The van der Waals surface area contributed by atoms with Crippen molar-refractivity contribution in [2.45, 2.75) is 26.2 Å². The lowest BCUT2D eigenvalue weighted by Gasteiger charge is -2.24. The van der Waals surface area contributed by atoms with Crippen LogP contribution in [-0.2, 0) is 10.2 Å². The molecule has 6 nitrogen and oxygen atoms in total. The Balaban J connectivity index is 2.22. The van der Waals surface area contributed by atoms with Gasteiger partial charge in [0.25, 0.3) is 5.69 Å². The van der Waals surface area contributed by atoms with Crippen LogP contribution in [0.1, 0.15) is 36.7 Å². The van der Waals surface area contributed by atoms with E-state index in [0.717, 1.165) is 0 Å². The summed E-state index contributed by atoms with van der Waals surface area (Å²) < 4.78 is 0. The molecule has 2 rings (SSSR count). The number of carbonyl (C=O) groups is 2. The summed E-state index contributed by atoms with van der Waals surface area (Å²) in [5.74, 6) is -0.349. The summed E-state index contributed by atoms with van der Waals surface area (Å²) in [5.41, 5.74) is 0.794. The normalized spacial score (nSPS) is 11.0. The molecule has 0 aromatic heterocycles. The number of ketones is 1. The number of nitrogens with zero attached hydrogens (tertiary/aromatic N) is 1. The minimum Gasteiger partial charge on any atom is -0.325 e. The second-order valence-electron chi connectivity index (χ2n) is 6.02. The van der Waals surface area contributed by atoms with Gasteiger partial charge in [-0.15, -0.1) is 0 Å². The average molecular weight is 326 g/mol. The first kappa shape index (κ1) is 17.3. The van der Waals surface area contributed by atoms with Crippen LogP contribution in [0.4, 0.5) is 11.4 Å². The molecule has 124 valence electrons. The predicted molar refractivity (Wildman–Crippen MR) is 91.2 cm³/mol. The van der Waals surface area contributed by atoms with E-state index in [9.17, 15) is 19.7 Å². The Bertz CT molecular complexity index is 795. The molecule has 2 aromatic carbocycles. The van der Waals surface area contributed by atoms with E-state index >= 15 is 0 Å². The molecular formula is C18H18N2O4. The van der Waals surface area contributed by atoms with Crippen molar-refractivity contribution in [3.8, 4) is 0 Å². The molecule has 0 heterocycles. The number of hydrogen-bond donors (Lipinski definition) is 1. The number of benzene rings is 2. The molecule has 0 spiro atoms. The van der Waals surface area contributed by atoms with Crippen molar-refractivity contribution < 1.29 is 14.5 Å². The number of amides is 1. The molecule has 0 unspecified atom stereocenters. The molecule has 0 aliphatic rings. The first-order chi connectivity index (χ1) is 11.2. The number of rotatable bonds is 5. The Labute approximate surface area is 139 Å². The van der Waals surface area contributed by atoms with E-state index < -0.39 is 10.3 Å². The van der Waals surface area contributed by atoms with Crippen molar-refractivity contribution >= 4 is 23.1 Å². The van der Waals surface area contributed by atoms with Gasteiger partial charge in [-0.25, -0.2) is 0 Å². The summed E-state index contributed by atoms with van der Waals surface area (Å²) in [6.45, 7) is 4.93. The highest BCUT2D eigenvalue weighted by Gasteiger charge is 2.30.